The second kappa shape index (κ2) is 9.04. The van der Waals surface area contributed by atoms with Crippen molar-refractivity contribution in [3.8, 4) is 5.69 Å². The molecule has 0 radical (unpaired) electrons. The van der Waals surface area contributed by atoms with Crippen molar-refractivity contribution in [2.45, 2.75) is 20.8 Å². The quantitative estimate of drug-likeness (QED) is 0.430. The highest BCUT2D eigenvalue weighted by Gasteiger charge is 2.19. The number of benzene rings is 1. The number of ether oxygens (including phenoxy) is 1. The molecule has 0 bridgehead atoms. The molecule has 2 heterocycles. The molecule has 154 valence electrons. The second-order valence-electron chi connectivity index (χ2n) is 6.69. The number of amides is 1. The molecular weight excluding hydrogens is 450 g/mol. The van der Waals surface area contributed by atoms with E-state index in [0.29, 0.717) is 5.56 Å². The van der Waals surface area contributed by atoms with E-state index in [1.54, 1.807) is 18.2 Å². The molecule has 3 aromatic rings. The molecule has 0 unspecified atom stereocenters. The Hall–Kier alpha value is -3.26. The fourth-order valence-corrected chi connectivity index (χ4v) is 3.38. The Kier molecular flexibility index (Phi) is 6.47. The predicted octanol–water partition coefficient (Wildman–Crippen LogP) is 4.25. The number of anilines is 1. The normalized spacial score (nSPS) is 10.5. The Morgan fingerprint density at radius 2 is 1.80 bits per heavy atom. The first-order chi connectivity index (χ1) is 14.3. The highest BCUT2D eigenvalue weighted by atomic mass is 79.9. The van der Waals surface area contributed by atoms with Crippen LogP contribution >= 0.6 is 15.9 Å². The zero-order valence-corrected chi connectivity index (χ0v) is 18.3. The van der Waals surface area contributed by atoms with E-state index in [-0.39, 0.29) is 23.2 Å². The first-order valence-corrected chi connectivity index (χ1v) is 9.95. The smallest absolute Gasteiger partial charge is 0.357 e. The number of nitrogens with zero attached hydrogens (tertiary/aromatic N) is 2. The fraction of sp³-hybridized carbons (Fsp3) is 0.182. The SMILES string of the molecule is CC(=O)Nc1cccc(C(=O)OCC(=O)c2cc(C)n(-c3ccc(Br)cc3)c2C)n1. The topological polar surface area (TPSA) is 90.3 Å². The van der Waals surface area contributed by atoms with E-state index in [0.717, 1.165) is 21.5 Å². The number of hydrogen-bond donors (Lipinski definition) is 1. The van der Waals surface area contributed by atoms with Crippen LogP contribution in [-0.4, -0.2) is 33.8 Å². The molecule has 0 atom stereocenters. The molecule has 0 aliphatic carbocycles. The van der Waals surface area contributed by atoms with Gasteiger partial charge in [-0.15, -0.1) is 0 Å². The number of rotatable bonds is 6. The van der Waals surface area contributed by atoms with Crippen LogP contribution in [0.5, 0.6) is 0 Å². The Labute approximate surface area is 182 Å². The van der Waals surface area contributed by atoms with E-state index in [2.05, 4.69) is 26.2 Å². The summed E-state index contributed by atoms with van der Waals surface area (Å²) >= 11 is 3.42. The molecule has 0 saturated heterocycles. The molecule has 8 heteroatoms. The minimum atomic E-state index is -0.739. The van der Waals surface area contributed by atoms with Crippen LogP contribution in [0.25, 0.3) is 5.69 Å². The van der Waals surface area contributed by atoms with Gasteiger partial charge in [0, 0.05) is 34.0 Å². The highest BCUT2D eigenvalue weighted by Crippen LogP contribution is 2.23. The summed E-state index contributed by atoms with van der Waals surface area (Å²) in [5, 5.41) is 2.50. The van der Waals surface area contributed by atoms with E-state index in [1.807, 2.05) is 42.7 Å². The average molecular weight is 470 g/mol. The van der Waals surface area contributed by atoms with Crippen molar-refractivity contribution in [3.63, 3.8) is 0 Å². The molecule has 30 heavy (non-hydrogen) atoms. The number of Topliss-reactive ketones (excluding diaryl/α,β-unsaturated/α-hetero) is 1. The van der Waals surface area contributed by atoms with Gasteiger partial charge in [-0.25, -0.2) is 9.78 Å². The van der Waals surface area contributed by atoms with Crippen LogP contribution in [0.15, 0.2) is 53.0 Å². The van der Waals surface area contributed by atoms with E-state index in [9.17, 15) is 14.4 Å². The van der Waals surface area contributed by atoms with Crippen LogP contribution in [0.4, 0.5) is 5.82 Å². The number of carbonyl (C=O) groups excluding carboxylic acids is 3. The minimum absolute atomic E-state index is 0.00869. The Balaban J connectivity index is 1.72. The second-order valence-corrected chi connectivity index (χ2v) is 7.60. The fourth-order valence-electron chi connectivity index (χ4n) is 3.11. The molecule has 0 saturated carbocycles. The zero-order chi connectivity index (χ0) is 21.8. The number of pyridine rings is 1. The highest BCUT2D eigenvalue weighted by molar-refractivity contribution is 9.10. The van der Waals surface area contributed by atoms with Crippen LogP contribution in [0, 0.1) is 13.8 Å². The van der Waals surface area contributed by atoms with Crippen molar-refractivity contribution in [2.75, 3.05) is 11.9 Å². The summed E-state index contributed by atoms with van der Waals surface area (Å²) in [6, 6.07) is 14.1. The molecule has 0 aliphatic heterocycles. The zero-order valence-electron chi connectivity index (χ0n) is 16.7. The third-order valence-electron chi connectivity index (χ3n) is 4.41. The summed E-state index contributed by atoms with van der Waals surface area (Å²) < 4.78 is 8.09. The van der Waals surface area contributed by atoms with E-state index in [4.69, 9.17) is 4.74 Å². The van der Waals surface area contributed by atoms with Crippen molar-refractivity contribution < 1.29 is 19.1 Å². The van der Waals surface area contributed by atoms with Crippen molar-refractivity contribution in [1.29, 1.82) is 0 Å². The number of carbonyl (C=O) groups is 3. The summed E-state index contributed by atoms with van der Waals surface area (Å²) in [6.07, 6.45) is 0. The lowest BCUT2D eigenvalue weighted by molar-refractivity contribution is -0.114. The third-order valence-corrected chi connectivity index (χ3v) is 4.94. The van der Waals surface area contributed by atoms with Gasteiger partial charge in [0.15, 0.2) is 12.3 Å². The lowest BCUT2D eigenvalue weighted by Crippen LogP contribution is -2.16. The van der Waals surface area contributed by atoms with Crippen molar-refractivity contribution >= 4 is 39.4 Å². The summed E-state index contributed by atoms with van der Waals surface area (Å²) in [5.41, 5.74) is 3.09. The summed E-state index contributed by atoms with van der Waals surface area (Å²) in [5.74, 6) is -1.11. The van der Waals surface area contributed by atoms with Crippen LogP contribution in [-0.2, 0) is 9.53 Å². The van der Waals surface area contributed by atoms with Crippen molar-refractivity contribution in [2.24, 2.45) is 0 Å². The van der Waals surface area contributed by atoms with Gasteiger partial charge in [0.1, 0.15) is 5.82 Å². The number of halogens is 1. The van der Waals surface area contributed by atoms with Crippen LogP contribution < -0.4 is 5.32 Å². The summed E-state index contributed by atoms with van der Waals surface area (Å²) in [4.78, 5) is 40.1. The van der Waals surface area contributed by atoms with Gasteiger partial charge >= 0.3 is 5.97 Å². The Morgan fingerprint density at radius 1 is 1.10 bits per heavy atom. The van der Waals surface area contributed by atoms with Crippen LogP contribution in [0.3, 0.4) is 0 Å². The number of nitrogens with one attached hydrogen (secondary N) is 1. The maximum Gasteiger partial charge on any atom is 0.357 e. The van der Waals surface area contributed by atoms with E-state index >= 15 is 0 Å². The summed E-state index contributed by atoms with van der Waals surface area (Å²) in [6.45, 7) is 4.70. The lowest BCUT2D eigenvalue weighted by atomic mass is 10.1. The van der Waals surface area contributed by atoms with Gasteiger partial charge in [-0.3, -0.25) is 9.59 Å². The monoisotopic (exact) mass is 469 g/mol. The van der Waals surface area contributed by atoms with Gasteiger partial charge in [-0.2, -0.15) is 0 Å². The third kappa shape index (κ3) is 4.83. The molecule has 3 rings (SSSR count). The molecule has 1 amide bonds. The standard InChI is InChI=1S/C22H20BrN3O4/c1-13-11-18(14(2)26(13)17-9-7-16(23)8-10-17)20(28)12-30-22(29)19-5-4-6-21(25-19)24-15(3)27/h4-11H,12H2,1-3H3,(H,24,25,27). The van der Waals surface area contributed by atoms with Crippen molar-refractivity contribution in [3.05, 3.63) is 75.6 Å². The van der Waals surface area contributed by atoms with E-state index in [1.165, 1.54) is 13.0 Å². The van der Waals surface area contributed by atoms with E-state index < -0.39 is 12.6 Å². The first-order valence-electron chi connectivity index (χ1n) is 9.16. The molecule has 0 fully saturated rings. The number of aromatic nitrogens is 2. The van der Waals surface area contributed by atoms with Gasteiger partial charge < -0.3 is 14.6 Å². The molecule has 2 aromatic heterocycles. The Bertz CT molecular complexity index is 1120. The Morgan fingerprint density at radius 3 is 2.47 bits per heavy atom. The number of aryl methyl sites for hydroxylation is 1. The maximum atomic E-state index is 12.7. The van der Waals surface area contributed by atoms with Gasteiger partial charge in [-0.05, 0) is 56.3 Å². The minimum Gasteiger partial charge on any atom is -0.453 e. The average Bonchev–Trinajstić information content (AvgIpc) is 3.00. The van der Waals surface area contributed by atoms with Gasteiger partial charge in [0.05, 0.1) is 0 Å². The van der Waals surface area contributed by atoms with Crippen LogP contribution in [0.1, 0.15) is 39.2 Å². The molecule has 0 spiro atoms. The molecule has 1 N–H and O–H groups in total. The van der Waals surface area contributed by atoms with Gasteiger partial charge in [0.2, 0.25) is 11.7 Å². The largest absolute Gasteiger partial charge is 0.453 e. The number of hydrogen-bond acceptors (Lipinski definition) is 5. The van der Waals surface area contributed by atoms with Crippen LogP contribution in [0.2, 0.25) is 0 Å². The lowest BCUT2D eigenvalue weighted by Gasteiger charge is -2.10. The maximum absolute atomic E-state index is 12.7. The first kappa shape index (κ1) is 21.4. The molecule has 0 aliphatic rings. The molecular formula is C22H20BrN3O4. The number of ketones is 1. The van der Waals surface area contributed by atoms with Crippen molar-refractivity contribution in [1.82, 2.24) is 9.55 Å². The summed E-state index contributed by atoms with van der Waals surface area (Å²) in [7, 11) is 0. The molecule has 1 aromatic carbocycles. The van der Waals surface area contributed by atoms with Gasteiger partial charge in [0.25, 0.3) is 0 Å². The predicted molar refractivity (Wildman–Crippen MR) is 116 cm³/mol. The van der Waals surface area contributed by atoms with Gasteiger partial charge in [-0.1, -0.05) is 22.0 Å². The number of esters is 1. The molecule has 7 nitrogen and oxygen atoms in total.